The van der Waals surface area contributed by atoms with E-state index in [1.807, 2.05) is 0 Å². The van der Waals surface area contributed by atoms with E-state index in [9.17, 15) is 9.59 Å². The molecule has 0 bridgehead atoms. The predicted molar refractivity (Wildman–Crippen MR) is 54.6 cm³/mol. The first-order valence-electron chi connectivity index (χ1n) is 4.37. The molecule has 1 aromatic rings. The maximum absolute atomic E-state index is 11.2. The van der Waals surface area contributed by atoms with Crippen molar-refractivity contribution in [2.75, 3.05) is 12.4 Å². The standard InChI is InChI=1S/C10H12N2O3/c1-6-4-8(10(14)15-3)5-9(11-6)12-7(2)13/h4-5H,1-3H3,(H,11,12,13). The number of esters is 1. The van der Waals surface area contributed by atoms with Crippen LogP contribution in [0.15, 0.2) is 12.1 Å². The van der Waals surface area contributed by atoms with E-state index in [4.69, 9.17) is 0 Å². The highest BCUT2D eigenvalue weighted by Gasteiger charge is 2.08. The molecule has 0 unspecified atom stereocenters. The quantitative estimate of drug-likeness (QED) is 0.740. The summed E-state index contributed by atoms with van der Waals surface area (Å²) >= 11 is 0. The molecule has 0 radical (unpaired) electrons. The SMILES string of the molecule is COC(=O)c1cc(C)nc(NC(C)=O)c1. The van der Waals surface area contributed by atoms with E-state index in [-0.39, 0.29) is 5.91 Å². The van der Waals surface area contributed by atoms with Crippen molar-refractivity contribution in [2.45, 2.75) is 13.8 Å². The Morgan fingerprint density at radius 3 is 2.60 bits per heavy atom. The Balaban J connectivity index is 3.04. The number of hydrogen-bond acceptors (Lipinski definition) is 4. The minimum Gasteiger partial charge on any atom is -0.465 e. The molecule has 0 spiro atoms. The normalized spacial score (nSPS) is 9.53. The zero-order valence-electron chi connectivity index (χ0n) is 8.83. The zero-order valence-corrected chi connectivity index (χ0v) is 8.83. The molecule has 5 heteroatoms. The van der Waals surface area contributed by atoms with Gasteiger partial charge in [0.05, 0.1) is 12.7 Å². The molecule has 0 aromatic carbocycles. The van der Waals surface area contributed by atoms with E-state index in [0.29, 0.717) is 17.1 Å². The van der Waals surface area contributed by atoms with Crippen LogP contribution in [0.4, 0.5) is 5.82 Å². The molecule has 1 amide bonds. The molecular formula is C10H12N2O3. The topological polar surface area (TPSA) is 68.3 Å². The second kappa shape index (κ2) is 4.54. The van der Waals surface area contributed by atoms with Gasteiger partial charge >= 0.3 is 5.97 Å². The molecule has 0 aliphatic rings. The van der Waals surface area contributed by atoms with E-state index >= 15 is 0 Å². The third kappa shape index (κ3) is 3.05. The molecular weight excluding hydrogens is 196 g/mol. The Bertz CT molecular complexity index is 402. The van der Waals surface area contributed by atoms with Gasteiger partial charge in [-0.3, -0.25) is 4.79 Å². The molecule has 0 aliphatic carbocycles. The summed E-state index contributed by atoms with van der Waals surface area (Å²) in [5.74, 6) is -0.334. The molecule has 1 N–H and O–H groups in total. The number of methoxy groups -OCH3 is 1. The number of ether oxygens (including phenoxy) is 1. The van der Waals surface area contributed by atoms with E-state index < -0.39 is 5.97 Å². The lowest BCUT2D eigenvalue weighted by Crippen LogP contribution is -2.10. The van der Waals surface area contributed by atoms with Crippen molar-refractivity contribution >= 4 is 17.7 Å². The Morgan fingerprint density at radius 1 is 1.40 bits per heavy atom. The number of carbonyl (C=O) groups is 2. The van der Waals surface area contributed by atoms with Crippen molar-refractivity contribution in [3.63, 3.8) is 0 Å². The molecule has 15 heavy (non-hydrogen) atoms. The van der Waals surface area contributed by atoms with Crippen molar-refractivity contribution < 1.29 is 14.3 Å². The zero-order chi connectivity index (χ0) is 11.4. The van der Waals surface area contributed by atoms with Crippen LogP contribution in [0.3, 0.4) is 0 Å². The summed E-state index contributed by atoms with van der Waals surface area (Å²) in [7, 11) is 1.30. The lowest BCUT2D eigenvalue weighted by molar-refractivity contribution is -0.114. The minimum absolute atomic E-state index is 0.232. The highest BCUT2D eigenvalue weighted by Crippen LogP contribution is 2.10. The Hall–Kier alpha value is -1.91. The maximum atomic E-state index is 11.2. The van der Waals surface area contributed by atoms with Crippen molar-refractivity contribution in [1.82, 2.24) is 4.98 Å². The average molecular weight is 208 g/mol. The number of carbonyl (C=O) groups excluding carboxylic acids is 2. The van der Waals surface area contributed by atoms with Gasteiger partial charge in [-0.2, -0.15) is 0 Å². The summed E-state index contributed by atoms with van der Waals surface area (Å²) in [6, 6.07) is 3.07. The molecule has 1 heterocycles. The molecule has 0 saturated carbocycles. The number of rotatable bonds is 2. The van der Waals surface area contributed by atoms with Crippen LogP contribution >= 0.6 is 0 Å². The smallest absolute Gasteiger partial charge is 0.338 e. The van der Waals surface area contributed by atoms with E-state index in [2.05, 4.69) is 15.0 Å². The molecule has 0 atom stereocenters. The van der Waals surface area contributed by atoms with Crippen molar-refractivity contribution in [3.8, 4) is 0 Å². The van der Waals surface area contributed by atoms with Gasteiger partial charge in [-0.1, -0.05) is 0 Å². The molecule has 80 valence electrons. The maximum Gasteiger partial charge on any atom is 0.338 e. The fourth-order valence-corrected chi connectivity index (χ4v) is 1.15. The third-order valence-corrected chi connectivity index (χ3v) is 1.68. The molecule has 1 aromatic heterocycles. The first-order valence-corrected chi connectivity index (χ1v) is 4.37. The Labute approximate surface area is 87.5 Å². The number of hydrogen-bond donors (Lipinski definition) is 1. The second-order valence-electron chi connectivity index (χ2n) is 3.06. The summed E-state index contributed by atoms with van der Waals surface area (Å²) in [6.07, 6.45) is 0. The number of amides is 1. The summed E-state index contributed by atoms with van der Waals surface area (Å²) in [5, 5.41) is 2.51. The van der Waals surface area contributed by atoms with E-state index in [0.717, 1.165) is 0 Å². The fraction of sp³-hybridized carbons (Fsp3) is 0.300. The van der Waals surface area contributed by atoms with Crippen LogP contribution in [-0.2, 0) is 9.53 Å². The molecule has 5 nitrogen and oxygen atoms in total. The highest BCUT2D eigenvalue weighted by atomic mass is 16.5. The third-order valence-electron chi connectivity index (χ3n) is 1.68. The van der Waals surface area contributed by atoms with Gasteiger partial charge in [0.1, 0.15) is 5.82 Å². The minimum atomic E-state index is -0.452. The Morgan fingerprint density at radius 2 is 2.07 bits per heavy atom. The largest absolute Gasteiger partial charge is 0.465 e. The van der Waals surface area contributed by atoms with Crippen LogP contribution in [0.1, 0.15) is 23.0 Å². The number of aromatic nitrogens is 1. The molecule has 1 rings (SSSR count). The number of nitrogens with one attached hydrogen (secondary N) is 1. The van der Waals surface area contributed by atoms with E-state index in [1.54, 1.807) is 13.0 Å². The van der Waals surface area contributed by atoms with Gasteiger partial charge < -0.3 is 10.1 Å². The number of pyridine rings is 1. The second-order valence-corrected chi connectivity index (χ2v) is 3.06. The first-order chi connectivity index (χ1) is 7.02. The van der Waals surface area contributed by atoms with Gasteiger partial charge in [-0.25, -0.2) is 9.78 Å². The lowest BCUT2D eigenvalue weighted by Gasteiger charge is -2.05. The van der Waals surface area contributed by atoms with Crippen LogP contribution in [0, 0.1) is 6.92 Å². The molecule has 0 saturated heterocycles. The van der Waals surface area contributed by atoms with Crippen molar-refractivity contribution in [3.05, 3.63) is 23.4 Å². The number of anilines is 1. The van der Waals surface area contributed by atoms with Crippen LogP contribution < -0.4 is 5.32 Å². The van der Waals surface area contributed by atoms with Gasteiger partial charge in [-0.15, -0.1) is 0 Å². The predicted octanol–water partition coefficient (Wildman–Crippen LogP) is 1.14. The fourth-order valence-electron chi connectivity index (χ4n) is 1.15. The van der Waals surface area contributed by atoms with Crippen LogP contribution in [0.5, 0.6) is 0 Å². The Kier molecular flexibility index (Phi) is 3.38. The molecule has 0 fully saturated rings. The van der Waals surface area contributed by atoms with Crippen LogP contribution in [0.25, 0.3) is 0 Å². The van der Waals surface area contributed by atoms with Gasteiger partial charge in [0.15, 0.2) is 0 Å². The van der Waals surface area contributed by atoms with Gasteiger partial charge in [0, 0.05) is 12.6 Å². The van der Waals surface area contributed by atoms with Gasteiger partial charge in [0.25, 0.3) is 0 Å². The monoisotopic (exact) mass is 208 g/mol. The number of aryl methyl sites for hydroxylation is 1. The van der Waals surface area contributed by atoms with Crippen LogP contribution in [-0.4, -0.2) is 24.0 Å². The number of nitrogens with zero attached hydrogens (tertiary/aromatic N) is 1. The van der Waals surface area contributed by atoms with E-state index in [1.165, 1.54) is 20.1 Å². The summed E-state index contributed by atoms with van der Waals surface area (Å²) in [6.45, 7) is 3.11. The lowest BCUT2D eigenvalue weighted by atomic mass is 10.2. The van der Waals surface area contributed by atoms with Crippen molar-refractivity contribution in [1.29, 1.82) is 0 Å². The van der Waals surface area contributed by atoms with Gasteiger partial charge in [0.2, 0.25) is 5.91 Å². The summed E-state index contributed by atoms with van der Waals surface area (Å²) in [5.41, 5.74) is 1.01. The first kappa shape index (κ1) is 11.2. The highest BCUT2D eigenvalue weighted by molar-refractivity contribution is 5.92. The average Bonchev–Trinajstić information content (AvgIpc) is 2.14. The molecule has 0 aliphatic heterocycles. The summed E-state index contributed by atoms with van der Waals surface area (Å²) in [4.78, 5) is 26.1. The van der Waals surface area contributed by atoms with Crippen LogP contribution in [0.2, 0.25) is 0 Å². The van der Waals surface area contributed by atoms with Crippen molar-refractivity contribution in [2.24, 2.45) is 0 Å². The summed E-state index contributed by atoms with van der Waals surface area (Å²) < 4.78 is 4.57. The van der Waals surface area contributed by atoms with Gasteiger partial charge in [-0.05, 0) is 19.1 Å².